The molecule has 1 N–H and O–H groups in total. The van der Waals surface area contributed by atoms with E-state index >= 15 is 0 Å². The van der Waals surface area contributed by atoms with Crippen LogP contribution in [0.25, 0.3) is 11.1 Å². The molecule has 0 fully saturated rings. The first-order chi connectivity index (χ1) is 9.20. The zero-order valence-electron chi connectivity index (χ0n) is 11.4. The van der Waals surface area contributed by atoms with E-state index in [1.165, 1.54) is 0 Å². The van der Waals surface area contributed by atoms with Crippen molar-refractivity contribution in [2.45, 2.75) is 26.8 Å². The van der Waals surface area contributed by atoms with Crippen LogP contribution in [0.15, 0.2) is 36.5 Å². The number of halogens is 1. The van der Waals surface area contributed by atoms with Crippen molar-refractivity contribution in [3.63, 3.8) is 0 Å². The minimum Gasteiger partial charge on any atom is -0.313 e. The normalized spacial score (nSPS) is 10.7. The van der Waals surface area contributed by atoms with E-state index in [-0.39, 0.29) is 5.82 Å². The quantitative estimate of drug-likeness (QED) is 0.827. The van der Waals surface area contributed by atoms with E-state index in [0.717, 1.165) is 29.8 Å². The molecule has 0 unspecified atom stereocenters. The Hall–Kier alpha value is -1.74. The number of rotatable bonds is 5. The van der Waals surface area contributed by atoms with Crippen molar-refractivity contribution in [2.24, 2.45) is 0 Å². The van der Waals surface area contributed by atoms with Gasteiger partial charge in [0.25, 0.3) is 0 Å². The molecular formula is C16H19FN2. The Morgan fingerprint density at radius 3 is 2.58 bits per heavy atom. The van der Waals surface area contributed by atoms with Crippen LogP contribution in [0.3, 0.4) is 0 Å². The third kappa shape index (κ3) is 3.61. The van der Waals surface area contributed by atoms with Crippen molar-refractivity contribution in [3.05, 3.63) is 53.6 Å². The van der Waals surface area contributed by atoms with Crippen molar-refractivity contribution in [1.29, 1.82) is 0 Å². The van der Waals surface area contributed by atoms with Gasteiger partial charge in [-0.05, 0) is 37.6 Å². The Morgan fingerprint density at radius 1 is 1.16 bits per heavy atom. The van der Waals surface area contributed by atoms with E-state index in [1.54, 1.807) is 12.3 Å². The molecule has 2 rings (SSSR count). The first-order valence-corrected chi connectivity index (χ1v) is 6.63. The Labute approximate surface area is 113 Å². The van der Waals surface area contributed by atoms with Crippen LogP contribution in [0.1, 0.15) is 24.6 Å². The Balaban J connectivity index is 2.16. The Bertz CT molecular complexity index is 535. The molecule has 2 nitrogen and oxygen atoms in total. The van der Waals surface area contributed by atoms with Gasteiger partial charge in [0, 0.05) is 29.6 Å². The molecule has 100 valence electrons. The average molecular weight is 258 g/mol. The summed E-state index contributed by atoms with van der Waals surface area (Å²) in [6, 6.07) is 9.26. The second kappa shape index (κ2) is 6.43. The van der Waals surface area contributed by atoms with Gasteiger partial charge < -0.3 is 5.32 Å². The largest absolute Gasteiger partial charge is 0.313 e. The molecule has 0 saturated carbocycles. The van der Waals surface area contributed by atoms with Gasteiger partial charge in [-0.3, -0.25) is 4.98 Å². The van der Waals surface area contributed by atoms with Crippen LogP contribution in [0.4, 0.5) is 4.39 Å². The number of hydrogen-bond acceptors (Lipinski definition) is 2. The summed E-state index contributed by atoms with van der Waals surface area (Å²) in [4.78, 5) is 4.23. The molecule has 1 aromatic heterocycles. The first-order valence-electron chi connectivity index (χ1n) is 6.63. The van der Waals surface area contributed by atoms with Crippen molar-refractivity contribution in [1.82, 2.24) is 10.3 Å². The van der Waals surface area contributed by atoms with Gasteiger partial charge >= 0.3 is 0 Å². The van der Waals surface area contributed by atoms with E-state index in [4.69, 9.17) is 0 Å². The standard InChI is InChI=1S/C16H19FN2/c1-3-8-18-10-15-7-6-13(9-16(15)17)14-5-4-12(2)19-11-14/h4-7,9,11,18H,3,8,10H2,1-2H3. The van der Waals surface area contributed by atoms with Gasteiger partial charge in [-0.15, -0.1) is 0 Å². The van der Waals surface area contributed by atoms with Crippen LogP contribution in [-0.4, -0.2) is 11.5 Å². The molecule has 0 atom stereocenters. The highest BCUT2D eigenvalue weighted by atomic mass is 19.1. The number of aryl methyl sites for hydroxylation is 1. The molecule has 1 aromatic carbocycles. The number of hydrogen-bond donors (Lipinski definition) is 1. The van der Waals surface area contributed by atoms with Gasteiger partial charge in [0.2, 0.25) is 0 Å². The fourth-order valence-electron chi connectivity index (χ4n) is 1.91. The zero-order valence-corrected chi connectivity index (χ0v) is 11.4. The third-order valence-electron chi connectivity index (χ3n) is 3.04. The van der Waals surface area contributed by atoms with Crippen LogP contribution in [0.5, 0.6) is 0 Å². The zero-order chi connectivity index (χ0) is 13.7. The third-order valence-corrected chi connectivity index (χ3v) is 3.04. The fourth-order valence-corrected chi connectivity index (χ4v) is 1.91. The highest BCUT2D eigenvalue weighted by Crippen LogP contribution is 2.21. The predicted molar refractivity (Wildman–Crippen MR) is 76.4 cm³/mol. The minimum absolute atomic E-state index is 0.165. The maximum absolute atomic E-state index is 14.0. The van der Waals surface area contributed by atoms with E-state index in [0.29, 0.717) is 12.1 Å². The topological polar surface area (TPSA) is 24.9 Å². The van der Waals surface area contributed by atoms with Crippen LogP contribution >= 0.6 is 0 Å². The van der Waals surface area contributed by atoms with E-state index < -0.39 is 0 Å². The van der Waals surface area contributed by atoms with Crippen molar-refractivity contribution in [3.8, 4) is 11.1 Å². The molecule has 0 spiro atoms. The lowest BCUT2D eigenvalue weighted by Crippen LogP contribution is -2.14. The Morgan fingerprint density at radius 2 is 1.95 bits per heavy atom. The molecule has 0 amide bonds. The van der Waals surface area contributed by atoms with Crippen LogP contribution in [0, 0.1) is 12.7 Å². The van der Waals surface area contributed by atoms with Crippen molar-refractivity contribution in [2.75, 3.05) is 6.54 Å². The number of benzene rings is 1. The average Bonchev–Trinajstić information content (AvgIpc) is 2.42. The molecule has 0 aliphatic heterocycles. The molecule has 19 heavy (non-hydrogen) atoms. The van der Waals surface area contributed by atoms with Gasteiger partial charge in [0.1, 0.15) is 5.82 Å². The summed E-state index contributed by atoms with van der Waals surface area (Å²) in [7, 11) is 0. The summed E-state index contributed by atoms with van der Waals surface area (Å²) in [5, 5.41) is 3.21. The fraction of sp³-hybridized carbons (Fsp3) is 0.312. The summed E-state index contributed by atoms with van der Waals surface area (Å²) in [6.45, 7) is 5.51. The van der Waals surface area contributed by atoms with Gasteiger partial charge in [-0.1, -0.05) is 25.1 Å². The highest BCUT2D eigenvalue weighted by Gasteiger charge is 2.05. The predicted octanol–water partition coefficient (Wildman–Crippen LogP) is 3.70. The van der Waals surface area contributed by atoms with Gasteiger partial charge in [-0.25, -0.2) is 4.39 Å². The summed E-state index contributed by atoms with van der Waals surface area (Å²) < 4.78 is 14.0. The molecule has 0 aliphatic rings. The van der Waals surface area contributed by atoms with E-state index in [1.807, 2.05) is 31.2 Å². The van der Waals surface area contributed by atoms with Gasteiger partial charge in [0.05, 0.1) is 0 Å². The number of nitrogens with one attached hydrogen (secondary N) is 1. The molecule has 3 heteroatoms. The second-order valence-corrected chi connectivity index (χ2v) is 4.67. The maximum atomic E-state index is 14.0. The number of aromatic nitrogens is 1. The van der Waals surface area contributed by atoms with Crippen LogP contribution in [-0.2, 0) is 6.54 Å². The number of pyridine rings is 1. The lowest BCUT2D eigenvalue weighted by molar-refractivity contribution is 0.587. The molecular weight excluding hydrogens is 239 g/mol. The second-order valence-electron chi connectivity index (χ2n) is 4.67. The van der Waals surface area contributed by atoms with Crippen molar-refractivity contribution < 1.29 is 4.39 Å². The van der Waals surface area contributed by atoms with Crippen LogP contribution in [0.2, 0.25) is 0 Å². The maximum Gasteiger partial charge on any atom is 0.128 e. The minimum atomic E-state index is -0.165. The molecule has 0 bridgehead atoms. The molecule has 0 aliphatic carbocycles. The summed E-state index contributed by atoms with van der Waals surface area (Å²) >= 11 is 0. The summed E-state index contributed by atoms with van der Waals surface area (Å²) in [6.07, 6.45) is 2.83. The first kappa shape index (κ1) is 13.7. The van der Waals surface area contributed by atoms with E-state index in [9.17, 15) is 4.39 Å². The lowest BCUT2D eigenvalue weighted by atomic mass is 10.0. The summed E-state index contributed by atoms with van der Waals surface area (Å²) in [5.74, 6) is -0.165. The molecule has 0 radical (unpaired) electrons. The van der Waals surface area contributed by atoms with Crippen molar-refractivity contribution >= 4 is 0 Å². The molecule has 0 saturated heterocycles. The van der Waals surface area contributed by atoms with Gasteiger partial charge in [0.15, 0.2) is 0 Å². The lowest BCUT2D eigenvalue weighted by Gasteiger charge is -2.07. The van der Waals surface area contributed by atoms with Gasteiger partial charge in [-0.2, -0.15) is 0 Å². The Kier molecular flexibility index (Phi) is 4.63. The SMILES string of the molecule is CCCNCc1ccc(-c2ccc(C)nc2)cc1F. The molecule has 2 aromatic rings. The smallest absolute Gasteiger partial charge is 0.128 e. The molecule has 1 heterocycles. The van der Waals surface area contributed by atoms with E-state index in [2.05, 4.69) is 17.2 Å². The monoisotopic (exact) mass is 258 g/mol. The highest BCUT2D eigenvalue weighted by molar-refractivity contribution is 5.62. The van der Waals surface area contributed by atoms with Crippen LogP contribution < -0.4 is 5.32 Å². The number of nitrogens with zero attached hydrogens (tertiary/aromatic N) is 1. The summed E-state index contributed by atoms with van der Waals surface area (Å²) in [5.41, 5.74) is 3.48.